The van der Waals surface area contributed by atoms with E-state index in [0.717, 1.165) is 5.56 Å². The number of H-pyrrole nitrogens is 1. The van der Waals surface area contributed by atoms with Gasteiger partial charge in [0.2, 0.25) is 0 Å². The Hall–Kier alpha value is -2.51. The number of aromatic hydroxyl groups is 1. The maximum atomic E-state index is 12.5. The number of methoxy groups -OCH3 is 1. The van der Waals surface area contributed by atoms with E-state index in [-0.39, 0.29) is 11.3 Å². The van der Waals surface area contributed by atoms with Gasteiger partial charge < -0.3 is 20.1 Å². The van der Waals surface area contributed by atoms with Gasteiger partial charge in [-0.3, -0.25) is 9.59 Å². The van der Waals surface area contributed by atoms with Crippen molar-refractivity contribution in [2.75, 3.05) is 12.4 Å². The largest absolute Gasteiger partial charge is 0.505 e. The Labute approximate surface area is 145 Å². The average Bonchev–Trinajstić information content (AvgIpc) is 2.99. The van der Waals surface area contributed by atoms with Gasteiger partial charge in [0.05, 0.1) is 23.0 Å². The van der Waals surface area contributed by atoms with E-state index < -0.39 is 11.5 Å². The van der Waals surface area contributed by atoms with Crippen molar-refractivity contribution in [3.05, 3.63) is 50.1 Å². The van der Waals surface area contributed by atoms with Crippen LogP contribution in [0.25, 0.3) is 10.2 Å². The number of fused-ring (bicyclic) bond motifs is 1. The summed E-state index contributed by atoms with van der Waals surface area (Å²) >= 11 is 7.27. The first-order valence-corrected chi connectivity index (χ1v) is 8.16. The number of pyridine rings is 1. The maximum absolute atomic E-state index is 12.5. The van der Waals surface area contributed by atoms with E-state index in [1.165, 1.54) is 18.4 Å². The van der Waals surface area contributed by atoms with Gasteiger partial charge in [-0.1, -0.05) is 11.6 Å². The molecule has 0 saturated heterocycles. The molecule has 24 heavy (non-hydrogen) atoms. The maximum Gasteiger partial charge on any atom is 0.265 e. The number of anilines is 1. The number of amides is 1. The summed E-state index contributed by atoms with van der Waals surface area (Å²) in [6, 6.07) is 4.86. The number of halogens is 1. The minimum absolute atomic E-state index is 0.342. The first-order valence-electron chi connectivity index (χ1n) is 6.90. The van der Waals surface area contributed by atoms with Gasteiger partial charge in [0.25, 0.3) is 11.5 Å². The molecule has 0 atom stereocenters. The SMILES string of the molecule is COc1cc(Cl)c(C)cc1NC(=O)c1c(O)c2sccc2[nH]c1=O. The Bertz CT molecular complexity index is 1010. The van der Waals surface area contributed by atoms with Gasteiger partial charge in [0.1, 0.15) is 11.3 Å². The van der Waals surface area contributed by atoms with E-state index in [1.807, 2.05) is 0 Å². The molecule has 0 aliphatic rings. The standard InChI is InChI=1S/C16H13ClN2O4S/c1-7-5-10(11(23-2)6-8(7)17)19-16(22)12-13(20)14-9(3-4-24-14)18-15(12)21/h3-6H,1-2H3,(H,19,22)(H2,18,20,21). The van der Waals surface area contributed by atoms with Crippen LogP contribution in [0.2, 0.25) is 5.02 Å². The lowest BCUT2D eigenvalue weighted by Crippen LogP contribution is -2.23. The Balaban J connectivity index is 2.05. The molecule has 3 rings (SSSR count). The van der Waals surface area contributed by atoms with Crippen molar-refractivity contribution in [3.63, 3.8) is 0 Å². The Morgan fingerprint density at radius 3 is 2.88 bits per heavy atom. The summed E-state index contributed by atoms with van der Waals surface area (Å²) in [5.74, 6) is -0.720. The van der Waals surface area contributed by atoms with Crippen LogP contribution in [0.1, 0.15) is 15.9 Å². The second-order valence-electron chi connectivity index (χ2n) is 5.10. The predicted molar refractivity (Wildman–Crippen MR) is 94.8 cm³/mol. The van der Waals surface area contributed by atoms with Crippen LogP contribution in [-0.2, 0) is 0 Å². The number of aromatic amines is 1. The predicted octanol–water partition coefficient (Wildman–Crippen LogP) is 3.52. The average molecular weight is 365 g/mol. The summed E-state index contributed by atoms with van der Waals surface area (Å²) in [5, 5.41) is 15.1. The minimum atomic E-state index is -0.732. The number of carbonyl (C=O) groups is 1. The zero-order valence-corrected chi connectivity index (χ0v) is 14.3. The lowest BCUT2D eigenvalue weighted by Gasteiger charge is -2.12. The van der Waals surface area contributed by atoms with Crippen LogP contribution in [0.15, 0.2) is 28.4 Å². The molecule has 124 valence electrons. The van der Waals surface area contributed by atoms with Gasteiger partial charge in [0, 0.05) is 11.1 Å². The summed E-state index contributed by atoms with van der Waals surface area (Å²) < 4.78 is 5.63. The van der Waals surface area contributed by atoms with Crippen molar-refractivity contribution in [2.24, 2.45) is 0 Å². The molecular weight excluding hydrogens is 352 g/mol. The fourth-order valence-electron chi connectivity index (χ4n) is 2.32. The van der Waals surface area contributed by atoms with Crippen LogP contribution >= 0.6 is 22.9 Å². The van der Waals surface area contributed by atoms with Crippen LogP contribution in [0.5, 0.6) is 11.5 Å². The number of benzene rings is 1. The molecule has 0 radical (unpaired) electrons. The highest BCUT2D eigenvalue weighted by atomic mass is 35.5. The second kappa shape index (κ2) is 6.18. The van der Waals surface area contributed by atoms with Crippen LogP contribution in [0, 0.1) is 6.92 Å². The number of hydrogen-bond donors (Lipinski definition) is 3. The molecule has 1 aromatic carbocycles. The van der Waals surface area contributed by atoms with E-state index in [9.17, 15) is 14.7 Å². The van der Waals surface area contributed by atoms with Gasteiger partial charge in [-0.05, 0) is 30.0 Å². The number of rotatable bonds is 3. The van der Waals surface area contributed by atoms with Gasteiger partial charge >= 0.3 is 0 Å². The van der Waals surface area contributed by atoms with Crippen molar-refractivity contribution in [3.8, 4) is 11.5 Å². The summed E-state index contributed by atoms with van der Waals surface area (Å²) in [6.07, 6.45) is 0. The van der Waals surface area contributed by atoms with Gasteiger partial charge in [-0.2, -0.15) is 0 Å². The summed E-state index contributed by atoms with van der Waals surface area (Å²) in [7, 11) is 1.44. The Morgan fingerprint density at radius 2 is 2.17 bits per heavy atom. The molecule has 1 amide bonds. The number of hydrogen-bond acceptors (Lipinski definition) is 5. The third-order valence-corrected chi connectivity index (χ3v) is 4.88. The molecule has 0 unspecified atom stereocenters. The fraction of sp³-hybridized carbons (Fsp3) is 0.125. The van der Waals surface area contributed by atoms with Crippen molar-refractivity contribution in [1.29, 1.82) is 0 Å². The molecule has 0 aliphatic carbocycles. The molecule has 3 aromatic rings. The molecule has 0 fully saturated rings. The normalized spacial score (nSPS) is 10.8. The second-order valence-corrected chi connectivity index (χ2v) is 6.42. The highest BCUT2D eigenvalue weighted by Gasteiger charge is 2.21. The zero-order chi connectivity index (χ0) is 17.4. The van der Waals surface area contributed by atoms with Gasteiger partial charge in [-0.25, -0.2) is 0 Å². The Morgan fingerprint density at radius 1 is 1.42 bits per heavy atom. The van der Waals surface area contributed by atoms with E-state index in [1.54, 1.807) is 30.5 Å². The van der Waals surface area contributed by atoms with Crippen molar-refractivity contribution in [2.45, 2.75) is 6.92 Å². The summed E-state index contributed by atoms with van der Waals surface area (Å²) in [4.78, 5) is 27.2. The number of thiophene rings is 1. The molecule has 0 saturated carbocycles. The smallest absolute Gasteiger partial charge is 0.265 e. The third kappa shape index (κ3) is 2.72. The number of nitrogens with one attached hydrogen (secondary N) is 2. The van der Waals surface area contributed by atoms with E-state index in [0.29, 0.717) is 26.7 Å². The van der Waals surface area contributed by atoms with Gasteiger partial charge in [0.15, 0.2) is 5.75 Å². The molecule has 2 aromatic heterocycles. The molecule has 8 heteroatoms. The fourth-order valence-corrected chi connectivity index (χ4v) is 3.28. The first-order chi connectivity index (χ1) is 11.4. The van der Waals surface area contributed by atoms with Crippen molar-refractivity contribution < 1.29 is 14.6 Å². The van der Waals surface area contributed by atoms with E-state index in [2.05, 4.69) is 10.3 Å². The lowest BCUT2D eigenvalue weighted by atomic mass is 10.1. The van der Waals surface area contributed by atoms with Crippen LogP contribution in [0.4, 0.5) is 5.69 Å². The lowest BCUT2D eigenvalue weighted by molar-refractivity contribution is 0.102. The molecule has 3 N–H and O–H groups in total. The number of ether oxygens (including phenoxy) is 1. The molecule has 0 aliphatic heterocycles. The third-order valence-electron chi connectivity index (χ3n) is 3.55. The quantitative estimate of drug-likeness (QED) is 0.663. The molecule has 6 nitrogen and oxygen atoms in total. The first kappa shape index (κ1) is 16.4. The van der Waals surface area contributed by atoms with E-state index in [4.69, 9.17) is 16.3 Å². The molecule has 2 heterocycles. The monoisotopic (exact) mass is 364 g/mol. The summed E-state index contributed by atoms with van der Waals surface area (Å²) in [5.41, 5.74) is 0.563. The minimum Gasteiger partial charge on any atom is -0.505 e. The number of aryl methyl sites for hydroxylation is 1. The van der Waals surface area contributed by atoms with Crippen LogP contribution in [-0.4, -0.2) is 23.1 Å². The van der Waals surface area contributed by atoms with Crippen molar-refractivity contribution >= 4 is 44.7 Å². The molecular formula is C16H13ClN2O4S. The van der Waals surface area contributed by atoms with Crippen molar-refractivity contribution in [1.82, 2.24) is 4.98 Å². The molecule has 0 bridgehead atoms. The zero-order valence-electron chi connectivity index (χ0n) is 12.8. The Kier molecular flexibility index (Phi) is 4.21. The van der Waals surface area contributed by atoms with Gasteiger partial charge in [-0.15, -0.1) is 11.3 Å². The highest BCUT2D eigenvalue weighted by Crippen LogP contribution is 2.33. The highest BCUT2D eigenvalue weighted by molar-refractivity contribution is 7.17. The van der Waals surface area contributed by atoms with E-state index >= 15 is 0 Å². The van der Waals surface area contributed by atoms with Crippen LogP contribution in [0.3, 0.4) is 0 Å². The summed E-state index contributed by atoms with van der Waals surface area (Å²) in [6.45, 7) is 1.78. The number of carbonyl (C=O) groups excluding carboxylic acids is 1. The van der Waals surface area contributed by atoms with Crippen LogP contribution < -0.4 is 15.6 Å². The topological polar surface area (TPSA) is 91.4 Å². The molecule has 0 spiro atoms. The number of aromatic nitrogens is 1.